The summed E-state index contributed by atoms with van der Waals surface area (Å²) in [6, 6.07) is 0. The first-order valence-corrected chi connectivity index (χ1v) is 3.82. The number of aldehydes is 1. The number of carbonyl (C=O) groups is 1. The molecule has 0 heterocycles. The molecule has 0 saturated heterocycles. The Balaban J connectivity index is 3.27. The van der Waals surface area contributed by atoms with E-state index in [1.807, 2.05) is 0 Å². The average Bonchev–Trinajstić information content (AvgIpc) is 2.02. The van der Waals surface area contributed by atoms with E-state index in [2.05, 4.69) is 0 Å². The van der Waals surface area contributed by atoms with E-state index >= 15 is 0 Å². The molecule has 0 spiro atoms. The van der Waals surface area contributed by atoms with Gasteiger partial charge in [-0.2, -0.15) is 8.78 Å². The summed E-state index contributed by atoms with van der Waals surface area (Å²) < 4.78 is 39.3. The van der Waals surface area contributed by atoms with Gasteiger partial charge in [0.2, 0.25) is 0 Å². The zero-order valence-corrected chi connectivity index (χ0v) is 7.41. The maximum Gasteiger partial charge on any atom is 0.327 e. The Morgan fingerprint density at radius 2 is 1.92 bits per heavy atom. The highest BCUT2D eigenvalue weighted by molar-refractivity contribution is 6.26. The molecular formula is C8H6ClF3O. The number of carbonyl (C=O) groups excluding carboxylic acids is 1. The van der Waals surface area contributed by atoms with Crippen molar-refractivity contribution in [2.45, 2.75) is 18.0 Å². The van der Waals surface area contributed by atoms with Crippen LogP contribution in [0.25, 0.3) is 0 Å². The van der Waals surface area contributed by atoms with Crippen LogP contribution in [-0.2, 0) is 4.79 Å². The first-order chi connectivity index (χ1) is 5.84. The Morgan fingerprint density at radius 3 is 2.38 bits per heavy atom. The summed E-state index contributed by atoms with van der Waals surface area (Å²) in [4.78, 5) is 10.2. The Labute approximate surface area is 77.9 Å². The molecule has 1 aliphatic rings. The minimum atomic E-state index is -3.96. The van der Waals surface area contributed by atoms with Crippen molar-refractivity contribution in [2.24, 2.45) is 0 Å². The summed E-state index contributed by atoms with van der Waals surface area (Å²) in [5, 5.41) is -3.29. The van der Waals surface area contributed by atoms with Crippen molar-refractivity contribution in [1.82, 2.24) is 0 Å². The van der Waals surface area contributed by atoms with Gasteiger partial charge in [-0.05, 0) is 18.6 Å². The van der Waals surface area contributed by atoms with E-state index < -0.39 is 16.6 Å². The first-order valence-electron chi connectivity index (χ1n) is 3.44. The molecule has 0 radical (unpaired) electrons. The van der Waals surface area contributed by atoms with Crippen LogP contribution in [-0.4, -0.2) is 17.3 Å². The van der Waals surface area contributed by atoms with Crippen molar-refractivity contribution >= 4 is 17.9 Å². The lowest BCUT2D eigenvalue weighted by molar-refractivity contribution is -0.111. The fourth-order valence-corrected chi connectivity index (χ4v) is 1.14. The highest BCUT2D eigenvalue weighted by Crippen LogP contribution is 2.47. The molecule has 0 amide bonds. The van der Waals surface area contributed by atoms with Gasteiger partial charge in [0, 0.05) is 0 Å². The molecule has 5 heteroatoms. The monoisotopic (exact) mass is 210 g/mol. The summed E-state index contributed by atoms with van der Waals surface area (Å²) in [7, 11) is 0. The molecule has 1 rings (SSSR count). The SMILES string of the molecule is CC1=CC=C(C=O)C(F)(F)C1(F)Cl. The molecule has 1 aliphatic carbocycles. The van der Waals surface area contributed by atoms with Gasteiger partial charge in [0.15, 0.2) is 6.29 Å². The lowest BCUT2D eigenvalue weighted by Crippen LogP contribution is -2.44. The van der Waals surface area contributed by atoms with Crippen LogP contribution in [0.3, 0.4) is 0 Å². The molecule has 0 N–H and O–H groups in total. The second kappa shape index (κ2) is 2.87. The Kier molecular flexibility index (Phi) is 2.28. The first kappa shape index (κ1) is 10.3. The van der Waals surface area contributed by atoms with Crippen molar-refractivity contribution in [1.29, 1.82) is 0 Å². The van der Waals surface area contributed by atoms with E-state index in [9.17, 15) is 18.0 Å². The van der Waals surface area contributed by atoms with Crippen LogP contribution in [0.15, 0.2) is 23.3 Å². The molecule has 1 nitrogen and oxygen atoms in total. The maximum atomic E-state index is 13.2. The summed E-state index contributed by atoms with van der Waals surface area (Å²) in [6.07, 6.45) is 1.83. The van der Waals surface area contributed by atoms with Crippen molar-refractivity contribution in [3.8, 4) is 0 Å². The molecule has 0 aromatic heterocycles. The molecule has 72 valence electrons. The van der Waals surface area contributed by atoms with E-state index in [1.54, 1.807) is 0 Å². The predicted molar refractivity (Wildman–Crippen MR) is 42.5 cm³/mol. The van der Waals surface area contributed by atoms with Gasteiger partial charge in [0.05, 0.1) is 5.57 Å². The highest BCUT2D eigenvalue weighted by atomic mass is 35.5. The number of allylic oxidation sites excluding steroid dienone is 4. The molecule has 0 aromatic rings. The quantitative estimate of drug-likeness (QED) is 0.480. The Morgan fingerprint density at radius 1 is 1.38 bits per heavy atom. The van der Waals surface area contributed by atoms with Gasteiger partial charge in [-0.1, -0.05) is 17.7 Å². The molecule has 0 aliphatic heterocycles. The van der Waals surface area contributed by atoms with Crippen molar-refractivity contribution < 1.29 is 18.0 Å². The predicted octanol–water partition coefficient (Wildman–Crippen LogP) is 2.61. The summed E-state index contributed by atoms with van der Waals surface area (Å²) in [6.45, 7) is 1.14. The normalized spacial score (nSPS) is 32.1. The van der Waals surface area contributed by atoms with Gasteiger partial charge in [0.1, 0.15) is 0 Å². The highest BCUT2D eigenvalue weighted by Gasteiger charge is 2.58. The van der Waals surface area contributed by atoms with Crippen LogP contribution < -0.4 is 0 Å². The zero-order valence-electron chi connectivity index (χ0n) is 6.65. The van der Waals surface area contributed by atoms with Crippen LogP contribution in [0.4, 0.5) is 13.2 Å². The fourth-order valence-electron chi connectivity index (χ4n) is 0.966. The lowest BCUT2D eigenvalue weighted by Gasteiger charge is -2.31. The largest absolute Gasteiger partial charge is 0.327 e. The van der Waals surface area contributed by atoms with E-state index in [-0.39, 0.29) is 11.9 Å². The molecule has 0 fully saturated rings. The minimum Gasteiger partial charge on any atom is -0.298 e. The van der Waals surface area contributed by atoms with Gasteiger partial charge in [-0.25, -0.2) is 4.39 Å². The van der Waals surface area contributed by atoms with E-state index in [0.717, 1.165) is 19.1 Å². The lowest BCUT2D eigenvalue weighted by atomic mass is 9.93. The third-order valence-corrected chi connectivity index (χ3v) is 2.43. The molecule has 13 heavy (non-hydrogen) atoms. The molecule has 0 saturated carbocycles. The Bertz CT molecular complexity index is 305. The topological polar surface area (TPSA) is 17.1 Å². The number of alkyl halides is 4. The van der Waals surface area contributed by atoms with E-state index in [4.69, 9.17) is 11.6 Å². The van der Waals surface area contributed by atoms with Crippen LogP contribution in [0, 0.1) is 0 Å². The van der Waals surface area contributed by atoms with Gasteiger partial charge in [-0.3, -0.25) is 4.79 Å². The van der Waals surface area contributed by atoms with Crippen molar-refractivity contribution in [3.63, 3.8) is 0 Å². The maximum absolute atomic E-state index is 13.2. The zero-order chi connectivity index (χ0) is 10.3. The molecule has 1 atom stereocenters. The van der Waals surface area contributed by atoms with Gasteiger partial charge in [0.25, 0.3) is 5.13 Å². The molecule has 0 aromatic carbocycles. The number of hydrogen-bond donors (Lipinski definition) is 0. The van der Waals surface area contributed by atoms with E-state index in [1.165, 1.54) is 0 Å². The minimum absolute atomic E-state index is 0.0976. The van der Waals surface area contributed by atoms with E-state index in [0.29, 0.717) is 0 Å². The van der Waals surface area contributed by atoms with Crippen LogP contribution in [0.1, 0.15) is 6.92 Å². The van der Waals surface area contributed by atoms with Gasteiger partial charge in [-0.15, -0.1) is 0 Å². The number of hydrogen-bond acceptors (Lipinski definition) is 1. The third kappa shape index (κ3) is 1.29. The Hall–Kier alpha value is -0.770. The standard InChI is InChI=1S/C8H6ClF3O/c1-5-2-3-6(4-13)8(11,12)7(5,9)10/h2-4H,1H3. The number of rotatable bonds is 1. The second-order valence-corrected chi connectivity index (χ2v) is 3.26. The average molecular weight is 211 g/mol. The summed E-state index contributed by atoms with van der Waals surface area (Å²) in [5.74, 6) is -3.96. The van der Waals surface area contributed by atoms with Crippen molar-refractivity contribution in [3.05, 3.63) is 23.3 Å². The summed E-state index contributed by atoms with van der Waals surface area (Å²) >= 11 is 5.00. The third-order valence-electron chi connectivity index (χ3n) is 1.89. The van der Waals surface area contributed by atoms with Crippen LogP contribution in [0.2, 0.25) is 0 Å². The van der Waals surface area contributed by atoms with Crippen molar-refractivity contribution in [2.75, 3.05) is 0 Å². The number of halogens is 4. The summed E-state index contributed by atoms with van der Waals surface area (Å²) in [5.41, 5.74) is -1.26. The van der Waals surface area contributed by atoms with Crippen LogP contribution in [0.5, 0.6) is 0 Å². The molecular weight excluding hydrogens is 205 g/mol. The molecule has 1 unspecified atom stereocenters. The van der Waals surface area contributed by atoms with Crippen LogP contribution >= 0.6 is 11.6 Å². The smallest absolute Gasteiger partial charge is 0.298 e. The fraction of sp³-hybridized carbons (Fsp3) is 0.375. The second-order valence-electron chi connectivity index (χ2n) is 2.74. The van der Waals surface area contributed by atoms with Gasteiger partial charge < -0.3 is 0 Å². The van der Waals surface area contributed by atoms with Gasteiger partial charge >= 0.3 is 5.92 Å². The molecule has 0 bridgehead atoms.